The van der Waals surface area contributed by atoms with Gasteiger partial charge in [0, 0.05) is 25.2 Å². The molecule has 1 atom stereocenters. The van der Waals surface area contributed by atoms with E-state index < -0.39 is 15.6 Å². The fourth-order valence-corrected chi connectivity index (χ4v) is 5.66. The van der Waals surface area contributed by atoms with Crippen molar-refractivity contribution in [1.82, 2.24) is 14.9 Å². The van der Waals surface area contributed by atoms with E-state index in [2.05, 4.69) is 10.0 Å². The van der Waals surface area contributed by atoms with Gasteiger partial charge in [-0.25, -0.2) is 13.1 Å². The Morgan fingerprint density at radius 1 is 1.03 bits per heavy atom. The van der Waals surface area contributed by atoms with Gasteiger partial charge < -0.3 is 10.2 Å². The lowest BCUT2D eigenvalue weighted by Gasteiger charge is -2.32. The zero-order valence-corrected chi connectivity index (χ0v) is 20.3. The van der Waals surface area contributed by atoms with Crippen LogP contribution in [0.4, 0.5) is 0 Å². The zero-order chi connectivity index (χ0) is 24.1. The van der Waals surface area contributed by atoms with Crippen LogP contribution in [0.1, 0.15) is 44.7 Å². The molecular formula is C25H33N3O4S. The van der Waals surface area contributed by atoms with Crippen LogP contribution in [0.25, 0.3) is 0 Å². The Labute approximate surface area is 196 Å². The summed E-state index contributed by atoms with van der Waals surface area (Å²) in [5.74, 6) is -0.457. The van der Waals surface area contributed by atoms with Crippen molar-refractivity contribution < 1.29 is 18.0 Å². The van der Waals surface area contributed by atoms with Crippen LogP contribution < -0.4 is 10.0 Å². The smallest absolute Gasteiger partial charge is 0.241 e. The van der Waals surface area contributed by atoms with E-state index in [1.54, 1.807) is 49.9 Å². The molecule has 8 heteroatoms. The molecule has 0 radical (unpaired) electrons. The largest absolute Gasteiger partial charge is 0.352 e. The average molecular weight is 472 g/mol. The van der Waals surface area contributed by atoms with Crippen molar-refractivity contribution in [2.75, 3.05) is 13.1 Å². The van der Waals surface area contributed by atoms with E-state index in [4.69, 9.17) is 0 Å². The topological polar surface area (TPSA) is 95.6 Å². The number of nitrogens with one attached hydrogen (secondary N) is 2. The number of piperidine rings is 1. The molecule has 2 N–H and O–H groups in total. The molecule has 0 aliphatic carbocycles. The lowest BCUT2D eigenvalue weighted by molar-refractivity contribution is -0.135. The summed E-state index contributed by atoms with van der Waals surface area (Å²) >= 11 is 0. The van der Waals surface area contributed by atoms with Gasteiger partial charge in [-0.2, -0.15) is 0 Å². The van der Waals surface area contributed by atoms with Crippen molar-refractivity contribution >= 4 is 21.8 Å². The Morgan fingerprint density at radius 3 is 2.39 bits per heavy atom. The minimum atomic E-state index is -3.73. The molecule has 178 valence electrons. The van der Waals surface area contributed by atoms with Crippen LogP contribution >= 0.6 is 0 Å². The molecule has 1 unspecified atom stereocenters. The van der Waals surface area contributed by atoms with Gasteiger partial charge in [-0.15, -0.1) is 0 Å². The molecule has 1 aliphatic rings. The monoisotopic (exact) mass is 471 g/mol. The summed E-state index contributed by atoms with van der Waals surface area (Å²) in [4.78, 5) is 27.5. The number of carbonyl (C=O) groups excluding carboxylic acids is 2. The van der Waals surface area contributed by atoms with Crippen LogP contribution in [0.3, 0.4) is 0 Å². The minimum absolute atomic E-state index is 0.0170. The van der Waals surface area contributed by atoms with Gasteiger partial charge in [0.2, 0.25) is 21.8 Å². The molecule has 1 fully saturated rings. The van der Waals surface area contributed by atoms with Crippen molar-refractivity contribution in [3.8, 4) is 0 Å². The van der Waals surface area contributed by atoms with Crippen molar-refractivity contribution in [2.24, 2.45) is 5.92 Å². The van der Waals surface area contributed by atoms with Gasteiger partial charge in [-0.05, 0) is 50.8 Å². The van der Waals surface area contributed by atoms with Crippen LogP contribution in [0.2, 0.25) is 0 Å². The summed E-state index contributed by atoms with van der Waals surface area (Å²) in [7, 11) is -3.73. The number of nitrogens with zero attached hydrogens (tertiary/aromatic N) is 1. The second kappa shape index (κ2) is 10.5. The Balaban J connectivity index is 1.61. The average Bonchev–Trinajstić information content (AvgIpc) is 2.77. The maximum absolute atomic E-state index is 12.9. The first-order chi connectivity index (χ1) is 15.5. The summed E-state index contributed by atoms with van der Waals surface area (Å²) in [6.45, 7) is 6.47. The molecule has 7 nitrogen and oxygen atoms in total. The predicted octanol–water partition coefficient (Wildman–Crippen LogP) is 2.86. The van der Waals surface area contributed by atoms with Crippen molar-refractivity contribution in [1.29, 1.82) is 0 Å². The summed E-state index contributed by atoms with van der Waals surface area (Å²) < 4.78 is 28.3. The molecule has 1 saturated heterocycles. The van der Waals surface area contributed by atoms with Gasteiger partial charge >= 0.3 is 0 Å². The molecule has 3 rings (SSSR count). The van der Waals surface area contributed by atoms with Crippen LogP contribution in [0, 0.1) is 5.92 Å². The lowest BCUT2D eigenvalue weighted by atomic mass is 9.96. The van der Waals surface area contributed by atoms with Crippen LogP contribution in [-0.2, 0) is 32.6 Å². The van der Waals surface area contributed by atoms with Gasteiger partial charge in [0.25, 0.3) is 0 Å². The number of hydrogen-bond donors (Lipinski definition) is 2. The van der Waals surface area contributed by atoms with Gasteiger partial charge in [0.1, 0.15) is 0 Å². The molecule has 2 amide bonds. The predicted molar refractivity (Wildman–Crippen MR) is 128 cm³/mol. The molecule has 1 aliphatic heterocycles. The second-order valence-electron chi connectivity index (χ2n) is 9.52. The van der Waals surface area contributed by atoms with E-state index in [1.807, 2.05) is 30.3 Å². The Kier molecular flexibility index (Phi) is 7.92. The van der Waals surface area contributed by atoms with Crippen LogP contribution in [0.5, 0.6) is 0 Å². The Morgan fingerprint density at radius 2 is 1.70 bits per heavy atom. The zero-order valence-electron chi connectivity index (χ0n) is 19.5. The quantitative estimate of drug-likeness (QED) is 0.649. The van der Waals surface area contributed by atoms with Crippen LogP contribution in [0.15, 0.2) is 59.5 Å². The molecule has 0 saturated carbocycles. The van der Waals surface area contributed by atoms with E-state index >= 15 is 0 Å². The van der Waals surface area contributed by atoms with Gasteiger partial charge in [0.05, 0.1) is 17.2 Å². The highest BCUT2D eigenvalue weighted by Gasteiger charge is 2.29. The number of benzene rings is 2. The molecule has 0 aromatic heterocycles. The number of carbonyl (C=O) groups is 2. The standard InChI is InChI=1S/C25H33N3O4S/c1-25(2,3)27-33(31,32)22-14-8-7-12-20(22)17-26-24(30)21-13-9-15-28(18-21)23(29)16-19-10-5-4-6-11-19/h4-8,10-12,14,21,27H,9,13,15-18H2,1-3H3,(H,26,30). The summed E-state index contributed by atoms with van der Waals surface area (Å²) in [5.41, 5.74) is 0.860. The normalized spacial score (nSPS) is 16.9. The maximum atomic E-state index is 12.9. The highest BCUT2D eigenvalue weighted by molar-refractivity contribution is 7.89. The first kappa shape index (κ1) is 24.9. The molecule has 2 aromatic carbocycles. The molecule has 0 spiro atoms. The number of hydrogen-bond acceptors (Lipinski definition) is 4. The van der Waals surface area contributed by atoms with Gasteiger partial charge in [-0.1, -0.05) is 48.5 Å². The van der Waals surface area contributed by atoms with E-state index in [9.17, 15) is 18.0 Å². The van der Waals surface area contributed by atoms with E-state index in [1.165, 1.54) is 0 Å². The van der Waals surface area contributed by atoms with E-state index in [0.29, 0.717) is 31.5 Å². The van der Waals surface area contributed by atoms with Gasteiger partial charge in [0.15, 0.2) is 0 Å². The molecule has 33 heavy (non-hydrogen) atoms. The summed E-state index contributed by atoms with van der Waals surface area (Å²) in [6, 6.07) is 16.2. The number of likely N-dealkylation sites (tertiary alicyclic amines) is 1. The second-order valence-corrected chi connectivity index (χ2v) is 11.2. The third-order valence-corrected chi connectivity index (χ3v) is 7.36. The van der Waals surface area contributed by atoms with E-state index in [-0.39, 0.29) is 29.2 Å². The number of amides is 2. The number of sulfonamides is 1. The molecule has 0 bridgehead atoms. The molecule has 2 aromatic rings. The lowest BCUT2D eigenvalue weighted by Crippen LogP contribution is -2.46. The summed E-state index contributed by atoms with van der Waals surface area (Å²) in [6.07, 6.45) is 1.78. The number of rotatable bonds is 7. The SMILES string of the molecule is CC(C)(C)NS(=O)(=O)c1ccccc1CNC(=O)C1CCCN(C(=O)Cc2ccccc2)C1. The molecule has 1 heterocycles. The van der Waals surface area contributed by atoms with E-state index in [0.717, 1.165) is 12.0 Å². The fourth-order valence-electron chi connectivity index (χ4n) is 4.00. The Bertz CT molecular complexity index is 1080. The minimum Gasteiger partial charge on any atom is -0.352 e. The van der Waals surface area contributed by atoms with Gasteiger partial charge in [-0.3, -0.25) is 9.59 Å². The maximum Gasteiger partial charge on any atom is 0.241 e. The first-order valence-electron chi connectivity index (χ1n) is 11.3. The first-order valence-corrected chi connectivity index (χ1v) is 12.7. The van der Waals surface area contributed by atoms with Crippen molar-refractivity contribution in [2.45, 2.75) is 57.0 Å². The molecular weight excluding hydrogens is 438 g/mol. The van der Waals surface area contributed by atoms with Crippen molar-refractivity contribution in [3.63, 3.8) is 0 Å². The highest BCUT2D eigenvalue weighted by Crippen LogP contribution is 2.20. The summed E-state index contributed by atoms with van der Waals surface area (Å²) in [5, 5.41) is 2.88. The van der Waals surface area contributed by atoms with Crippen LogP contribution in [-0.4, -0.2) is 43.8 Å². The fraction of sp³-hybridized carbons (Fsp3) is 0.440. The Hall–Kier alpha value is -2.71. The third kappa shape index (κ3) is 7.14. The van der Waals surface area contributed by atoms with Crippen molar-refractivity contribution in [3.05, 3.63) is 65.7 Å². The third-order valence-electron chi connectivity index (χ3n) is 5.50. The highest BCUT2D eigenvalue weighted by atomic mass is 32.2.